The number of carbonyl (C=O) groups excluding carboxylic acids is 3. The number of sulfonamides is 1. The largest absolute Gasteiger partial charge is 0.496 e. The fourth-order valence-corrected chi connectivity index (χ4v) is 7.09. The molecule has 1 aliphatic carbocycles. The van der Waals surface area contributed by atoms with Gasteiger partial charge in [0.15, 0.2) is 15.6 Å². The number of amides is 2. The van der Waals surface area contributed by atoms with Crippen LogP contribution in [-0.4, -0.2) is 81.0 Å². The van der Waals surface area contributed by atoms with E-state index in [1.807, 2.05) is 4.72 Å². The Kier molecular flexibility index (Phi) is 10.6. The second kappa shape index (κ2) is 14.7. The molecule has 0 radical (unpaired) electrons. The molecule has 0 atom stereocenters. The molecule has 0 spiro atoms. The van der Waals surface area contributed by atoms with Crippen LogP contribution in [0.2, 0.25) is 0 Å². The average Bonchev–Trinajstić information content (AvgIpc) is 3.62. The molecule has 1 aliphatic heterocycles. The lowest BCUT2D eigenvalue weighted by molar-refractivity contribution is 0.0947. The summed E-state index contributed by atoms with van der Waals surface area (Å²) in [6.45, 7) is 2.02. The van der Waals surface area contributed by atoms with Gasteiger partial charge in [-0.25, -0.2) is 26.2 Å². The Morgan fingerprint density at radius 1 is 0.941 bits per heavy atom. The Balaban J connectivity index is 0.000000198. The smallest absolute Gasteiger partial charge is 0.268 e. The van der Waals surface area contributed by atoms with Crippen molar-refractivity contribution in [3.05, 3.63) is 100 Å². The van der Waals surface area contributed by atoms with Crippen molar-refractivity contribution >= 4 is 43.2 Å². The number of rotatable bonds is 10. The van der Waals surface area contributed by atoms with Crippen molar-refractivity contribution < 1.29 is 45.9 Å². The summed E-state index contributed by atoms with van der Waals surface area (Å²) in [6.07, 6.45) is 4.77. The molecule has 0 saturated heterocycles. The van der Waals surface area contributed by atoms with E-state index in [0.29, 0.717) is 35.4 Å². The molecule has 2 amide bonds. The monoisotopic (exact) mass is 737 g/mol. The Labute approximate surface area is 294 Å². The number of aryl methyl sites for hydroxylation is 1. The molecule has 3 N–H and O–H groups in total. The van der Waals surface area contributed by atoms with Crippen molar-refractivity contribution in [2.24, 2.45) is 12.2 Å². The van der Waals surface area contributed by atoms with Crippen molar-refractivity contribution in [1.82, 2.24) is 19.8 Å². The first-order chi connectivity index (χ1) is 24.1. The first-order valence-corrected chi connectivity index (χ1v) is 18.9. The molecule has 3 aromatic carbocycles. The SMILES string of the molecule is COc1ccccc1C(=O)NS(=O)(=O)c1ccc(C(=O)NC2CC2)cc1.Cc1c(C(=O)c2cnn(C)c2O)ccc(S(C)(=O)=O)c1C1=NOCC1. The molecule has 1 saturated carbocycles. The number of sulfone groups is 1. The number of hydrogen-bond donors (Lipinski definition) is 3. The minimum atomic E-state index is -4.07. The van der Waals surface area contributed by atoms with Crippen LogP contribution in [0.3, 0.4) is 0 Å². The second-order valence-corrected chi connectivity index (χ2v) is 15.4. The molecular weight excluding hydrogens is 703 g/mol. The number of aromatic hydroxyl groups is 1. The maximum absolute atomic E-state index is 12.8. The van der Waals surface area contributed by atoms with Crippen molar-refractivity contribution in [2.75, 3.05) is 20.0 Å². The molecule has 4 aromatic rings. The van der Waals surface area contributed by atoms with Crippen LogP contribution in [0.4, 0.5) is 0 Å². The lowest BCUT2D eigenvalue weighted by atomic mass is 9.93. The molecular formula is C34H35N5O10S2. The van der Waals surface area contributed by atoms with Crippen LogP contribution in [-0.2, 0) is 31.7 Å². The van der Waals surface area contributed by atoms with Gasteiger partial charge in [0.2, 0.25) is 5.88 Å². The van der Waals surface area contributed by atoms with Crippen LogP contribution in [0.15, 0.2) is 81.8 Å². The van der Waals surface area contributed by atoms with Crippen molar-refractivity contribution in [3.8, 4) is 11.6 Å². The topological polar surface area (TPSA) is 212 Å². The molecule has 268 valence electrons. The second-order valence-electron chi connectivity index (χ2n) is 11.7. The number of para-hydroxylation sites is 1. The van der Waals surface area contributed by atoms with E-state index in [1.54, 1.807) is 25.1 Å². The van der Waals surface area contributed by atoms with E-state index in [4.69, 9.17) is 9.57 Å². The Hall–Kier alpha value is -5.55. The molecule has 1 fully saturated rings. The number of ketones is 1. The highest BCUT2D eigenvalue weighted by Gasteiger charge is 2.28. The van der Waals surface area contributed by atoms with Gasteiger partial charge in [-0.3, -0.25) is 14.4 Å². The molecule has 0 bridgehead atoms. The van der Waals surface area contributed by atoms with Crippen LogP contribution in [0.25, 0.3) is 0 Å². The normalized spacial score (nSPS) is 14.0. The third-order valence-corrected chi connectivity index (χ3v) is 10.5. The molecule has 0 unspecified atom stereocenters. The van der Waals surface area contributed by atoms with Crippen molar-refractivity contribution in [1.29, 1.82) is 0 Å². The zero-order valence-corrected chi connectivity index (χ0v) is 29.7. The highest BCUT2D eigenvalue weighted by atomic mass is 32.2. The van der Waals surface area contributed by atoms with Gasteiger partial charge < -0.3 is 20.0 Å². The number of benzene rings is 3. The quantitative estimate of drug-likeness (QED) is 0.201. The maximum Gasteiger partial charge on any atom is 0.268 e. The van der Waals surface area contributed by atoms with E-state index in [1.165, 1.54) is 67.5 Å². The Morgan fingerprint density at radius 2 is 1.63 bits per heavy atom. The van der Waals surface area contributed by atoms with Gasteiger partial charge >= 0.3 is 0 Å². The fourth-order valence-electron chi connectivity index (χ4n) is 5.17. The summed E-state index contributed by atoms with van der Waals surface area (Å²) in [5, 5.41) is 20.6. The van der Waals surface area contributed by atoms with E-state index in [-0.39, 0.29) is 50.1 Å². The number of oxime groups is 1. The lowest BCUT2D eigenvalue weighted by Crippen LogP contribution is -2.31. The third kappa shape index (κ3) is 8.26. The number of carbonyl (C=O) groups is 3. The third-order valence-electron chi connectivity index (χ3n) is 8.03. The molecule has 15 nitrogen and oxygen atoms in total. The first kappa shape index (κ1) is 36.7. The van der Waals surface area contributed by atoms with Crippen LogP contribution in [0.1, 0.15) is 67.0 Å². The predicted octanol–water partition coefficient (Wildman–Crippen LogP) is 2.90. The highest BCUT2D eigenvalue weighted by molar-refractivity contribution is 7.91. The van der Waals surface area contributed by atoms with Crippen LogP contribution >= 0.6 is 0 Å². The maximum atomic E-state index is 12.8. The summed E-state index contributed by atoms with van der Waals surface area (Å²) in [4.78, 5) is 42.0. The Bertz CT molecular complexity index is 2260. The zero-order valence-electron chi connectivity index (χ0n) is 28.0. The fraction of sp³-hybridized carbons (Fsp3) is 0.265. The van der Waals surface area contributed by atoms with Crippen LogP contribution in [0.5, 0.6) is 11.6 Å². The number of nitrogens with zero attached hydrogens (tertiary/aromatic N) is 3. The molecule has 1 aromatic heterocycles. The van der Waals surface area contributed by atoms with Gasteiger partial charge in [0.25, 0.3) is 21.8 Å². The zero-order chi connectivity index (χ0) is 37.1. The molecule has 17 heteroatoms. The van der Waals surface area contributed by atoms with Gasteiger partial charge in [-0.05, 0) is 73.9 Å². The van der Waals surface area contributed by atoms with Crippen LogP contribution in [0, 0.1) is 6.92 Å². The summed E-state index contributed by atoms with van der Waals surface area (Å²) in [7, 11) is -4.68. The van der Waals surface area contributed by atoms with Gasteiger partial charge in [-0.15, -0.1) is 0 Å². The number of ether oxygens (including phenoxy) is 1. The minimum Gasteiger partial charge on any atom is -0.496 e. The number of hydrogen-bond acceptors (Lipinski definition) is 12. The van der Waals surface area contributed by atoms with Crippen molar-refractivity contribution in [3.63, 3.8) is 0 Å². The van der Waals surface area contributed by atoms with E-state index in [0.717, 1.165) is 19.1 Å². The first-order valence-electron chi connectivity index (χ1n) is 15.5. The average molecular weight is 738 g/mol. The number of nitrogens with one attached hydrogen (secondary N) is 2. The summed E-state index contributed by atoms with van der Waals surface area (Å²) in [5.74, 6) is -1.46. The van der Waals surface area contributed by atoms with Gasteiger partial charge in [0.05, 0.1) is 34.4 Å². The highest BCUT2D eigenvalue weighted by Crippen LogP contribution is 2.29. The standard InChI is InChI=1S/C18H18N2O5S.C16H17N3O5S/c1-25-16-5-3-2-4-15(16)18(22)20-26(23,24)14-10-6-12(7-11-14)17(21)19-13-8-9-13;1-9-10(15(20)11-8-17-19(2)16(11)21)4-5-13(25(3,22)23)14(9)12-6-7-24-18-12/h2-7,10-11,13H,8-9H2,1H3,(H,19,21)(H,20,22);4-5,8,21H,6-7H2,1-3H3. The van der Waals surface area contributed by atoms with E-state index in [2.05, 4.69) is 15.6 Å². The molecule has 2 aliphatic rings. The van der Waals surface area contributed by atoms with Crippen LogP contribution < -0.4 is 14.8 Å². The summed E-state index contributed by atoms with van der Waals surface area (Å²) < 4.78 is 57.4. The van der Waals surface area contributed by atoms with Crippen molar-refractivity contribution in [2.45, 2.75) is 42.0 Å². The van der Waals surface area contributed by atoms with Gasteiger partial charge in [-0.2, -0.15) is 5.10 Å². The van der Waals surface area contributed by atoms with E-state index >= 15 is 0 Å². The number of aromatic nitrogens is 2. The van der Waals surface area contributed by atoms with E-state index in [9.17, 15) is 36.3 Å². The summed E-state index contributed by atoms with van der Waals surface area (Å²) in [6, 6.07) is 14.8. The van der Waals surface area contributed by atoms with Gasteiger partial charge in [0, 0.05) is 42.5 Å². The predicted molar refractivity (Wildman–Crippen MR) is 184 cm³/mol. The Morgan fingerprint density at radius 3 is 2.20 bits per heavy atom. The summed E-state index contributed by atoms with van der Waals surface area (Å²) in [5.41, 5.74) is 2.15. The minimum absolute atomic E-state index is 0.0493. The molecule has 2 heterocycles. The molecule has 51 heavy (non-hydrogen) atoms. The molecule has 6 rings (SSSR count). The summed E-state index contributed by atoms with van der Waals surface area (Å²) >= 11 is 0. The van der Waals surface area contributed by atoms with E-state index < -0.39 is 31.6 Å². The number of methoxy groups -OCH3 is 1. The van der Waals surface area contributed by atoms with Gasteiger partial charge in [0.1, 0.15) is 17.9 Å². The lowest BCUT2D eigenvalue weighted by Gasteiger charge is -2.14. The van der Waals surface area contributed by atoms with Gasteiger partial charge in [-0.1, -0.05) is 17.3 Å².